The molecule has 7 heteroatoms. The lowest BCUT2D eigenvalue weighted by Crippen LogP contribution is -2.33. The minimum atomic E-state index is 0.0332. The first-order valence-electron chi connectivity index (χ1n) is 11.9. The molecule has 0 saturated carbocycles. The molecule has 0 aliphatic carbocycles. The molecule has 2 aromatic carbocycles. The molecular formula is C28H33N3O4. The summed E-state index contributed by atoms with van der Waals surface area (Å²) in [5.74, 6) is 2.27. The van der Waals surface area contributed by atoms with Crippen molar-refractivity contribution >= 4 is 5.91 Å². The fraction of sp³-hybridized carbons (Fsp3) is 0.357. The van der Waals surface area contributed by atoms with Gasteiger partial charge in [-0.2, -0.15) is 0 Å². The number of pyridine rings is 1. The van der Waals surface area contributed by atoms with Crippen molar-refractivity contribution in [3.63, 3.8) is 0 Å². The average Bonchev–Trinajstić information content (AvgIpc) is 3.10. The predicted octanol–water partition coefficient (Wildman–Crippen LogP) is 3.74. The first kappa shape index (κ1) is 24.5. The summed E-state index contributed by atoms with van der Waals surface area (Å²) in [6, 6.07) is 17.8. The van der Waals surface area contributed by atoms with Crippen LogP contribution in [0.5, 0.6) is 17.2 Å². The Labute approximate surface area is 207 Å². The number of methoxy groups -OCH3 is 2. The minimum Gasteiger partial charge on any atom is -0.497 e. The second kappa shape index (κ2) is 11.7. The smallest absolute Gasteiger partial charge is 0.227 e. The lowest BCUT2D eigenvalue weighted by molar-refractivity contribution is -0.131. The number of hydrogen-bond donors (Lipinski definition) is 0. The van der Waals surface area contributed by atoms with E-state index in [-0.39, 0.29) is 12.3 Å². The van der Waals surface area contributed by atoms with Gasteiger partial charge in [-0.1, -0.05) is 12.1 Å². The summed E-state index contributed by atoms with van der Waals surface area (Å²) < 4.78 is 16.7. The largest absolute Gasteiger partial charge is 0.497 e. The first-order valence-corrected chi connectivity index (χ1v) is 11.9. The summed E-state index contributed by atoms with van der Waals surface area (Å²) in [5.41, 5.74) is 4.13. The van der Waals surface area contributed by atoms with Crippen LogP contribution >= 0.6 is 0 Å². The normalized spacial score (nSPS) is 13.1. The lowest BCUT2D eigenvalue weighted by atomic mass is 10.1. The summed E-state index contributed by atoms with van der Waals surface area (Å²) in [6.45, 7) is 3.26. The highest BCUT2D eigenvalue weighted by Crippen LogP contribution is 2.28. The van der Waals surface area contributed by atoms with Crippen LogP contribution in [0.15, 0.2) is 60.8 Å². The molecule has 184 valence electrons. The van der Waals surface area contributed by atoms with Gasteiger partial charge in [0, 0.05) is 49.1 Å². The van der Waals surface area contributed by atoms with Crippen molar-refractivity contribution in [2.24, 2.45) is 0 Å². The number of nitrogens with zero attached hydrogens (tertiary/aromatic N) is 3. The third-order valence-corrected chi connectivity index (χ3v) is 6.22. The Hall–Kier alpha value is -3.58. The molecule has 1 aromatic heterocycles. The Bertz CT molecular complexity index is 1140. The van der Waals surface area contributed by atoms with E-state index >= 15 is 0 Å². The summed E-state index contributed by atoms with van der Waals surface area (Å²) in [5, 5.41) is 0. The van der Waals surface area contributed by atoms with Gasteiger partial charge in [0.25, 0.3) is 0 Å². The summed E-state index contributed by atoms with van der Waals surface area (Å²) in [4.78, 5) is 21.8. The monoisotopic (exact) mass is 475 g/mol. The van der Waals surface area contributed by atoms with Gasteiger partial charge in [-0.05, 0) is 55.1 Å². The Morgan fingerprint density at radius 1 is 1.11 bits per heavy atom. The third-order valence-electron chi connectivity index (χ3n) is 6.22. The number of ether oxygens (including phenoxy) is 3. The maximum Gasteiger partial charge on any atom is 0.227 e. The molecule has 0 fully saturated rings. The second-order valence-electron chi connectivity index (χ2n) is 8.77. The maximum absolute atomic E-state index is 13.2. The van der Waals surface area contributed by atoms with Crippen LogP contribution in [0, 0.1) is 0 Å². The van der Waals surface area contributed by atoms with Gasteiger partial charge in [-0.15, -0.1) is 0 Å². The summed E-state index contributed by atoms with van der Waals surface area (Å²) >= 11 is 0. The molecule has 4 rings (SSSR count). The van der Waals surface area contributed by atoms with Gasteiger partial charge < -0.3 is 24.0 Å². The number of carbonyl (C=O) groups excluding carboxylic acids is 1. The fourth-order valence-corrected chi connectivity index (χ4v) is 4.30. The molecular weight excluding hydrogens is 442 g/mol. The molecule has 0 N–H and O–H groups in total. The maximum atomic E-state index is 13.2. The topological polar surface area (TPSA) is 64.1 Å². The van der Waals surface area contributed by atoms with Crippen LogP contribution in [-0.4, -0.2) is 61.7 Å². The number of hydrogen-bond acceptors (Lipinski definition) is 6. The Balaban J connectivity index is 1.41. The molecule has 0 unspecified atom stereocenters. The number of amides is 1. The van der Waals surface area contributed by atoms with Crippen LogP contribution in [0.2, 0.25) is 0 Å². The molecule has 2 heterocycles. The van der Waals surface area contributed by atoms with E-state index in [1.807, 2.05) is 47.5 Å². The number of rotatable bonds is 9. The van der Waals surface area contributed by atoms with E-state index < -0.39 is 0 Å². The van der Waals surface area contributed by atoms with E-state index in [2.05, 4.69) is 35.1 Å². The van der Waals surface area contributed by atoms with Crippen molar-refractivity contribution in [3.05, 3.63) is 83.2 Å². The Morgan fingerprint density at radius 2 is 2.00 bits per heavy atom. The Morgan fingerprint density at radius 3 is 2.77 bits per heavy atom. The van der Waals surface area contributed by atoms with Crippen LogP contribution < -0.4 is 14.2 Å². The number of aromatic nitrogens is 1. The van der Waals surface area contributed by atoms with Gasteiger partial charge in [-0.3, -0.25) is 9.78 Å². The molecule has 0 bridgehead atoms. The van der Waals surface area contributed by atoms with Gasteiger partial charge in [0.05, 0.1) is 27.2 Å². The average molecular weight is 476 g/mol. The number of likely N-dealkylation sites (N-methyl/N-ethyl adjacent to an activating group) is 1. The van der Waals surface area contributed by atoms with E-state index in [1.54, 1.807) is 14.2 Å². The number of benzene rings is 2. The highest BCUT2D eigenvalue weighted by Gasteiger charge is 2.22. The standard InChI is InChI=1S/C28H33N3O4/c1-30(13-11-24-6-4-5-12-29-24)19-21-7-9-27-23(16-21)20-31(14-15-35-27)28(32)18-22-17-25(33-2)8-10-26(22)34-3/h4-10,12,16-17H,11,13-15,18-20H2,1-3H3. The quantitative estimate of drug-likeness (QED) is 0.470. The van der Waals surface area contributed by atoms with Gasteiger partial charge in [0.1, 0.15) is 23.9 Å². The van der Waals surface area contributed by atoms with Crippen molar-refractivity contribution in [2.45, 2.75) is 25.9 Å². The van der Waals surface area contributed by atoms with E-state index in [0.717, 1.165) is 42.1 Å². The van der Waals surface area contributed by atoms with Crippen LogP contribution in [0.3, 0.4) is 0 Å². The van der Waals surface area contributed by atoms with E-state index in [0.29, 0.717) is 31.2 Å². The van der Waals surface area contributed by atoms with Crippen LogP contribution in [0.1, 0.15) is 22.4 Å². The number of fused-ring (bicyclic) bond motifs is 1. The van der Waals surface area contributed by atoms with Crippen LogP contribution in [0.25, 0.3) is 0 Å². The van der Waals surface area contributed by atoms with E-state index in [9.17, 15) is 4.79 Å². The molecule has 35 heavy (non-hydrogen) atoms. The van der Waals surface area contributed by atoms with Crippen molar-refractivity contribution in [1.82, 2.24) is 14.8 Å². The molecule has 0 spiro atoms. The zero-order valence-electron chi connectivity index (χ0n) is 20.7. The van der Waals surface area contributed by atoms with E-state index in [1.165, 1.54) is 5.56 Å². The van der Waals surface area contributed by atoms with E-state index in [4.69, 9.17) is 14.2 Å². The molecule has 0 saturated heterocycles. The Kier molecular flexibility index (Phi) is 8.21. The first-order chi connectivity index (χ1) is 17.1. The van der Waals surface area contributed by atoms with Gasteiger partial charge >= 0.3 is 0 Å². The second-order valence-corrected chi connectivity index (χ2v) is 8.77. The highest BCUT2D eigenvalue weighted by molar-refractivity contribution is 5.80. The van der Waals surface area contributed by atoms with Gasteiger partial charge in [-0.25, -0.2) is 0 Å². The molecule has 7 nitrogen and oxygen atoms in total. The SMILES string of the molecule is COc1ccc(OC)c(CC(=O)N2CCOc3ccc(CN(C)CCc4ccccn4)cc3C2)c1. The predicted molar refractivity (Wildman–Crippen MR) is 135 cm³/mol. The molecule has 1 aliphatic heterocycles. The van der Waals surface area contributed by atoms with Gasteiger partial charge in [0.2, 0.25) is 5.91 Å². The van der Waals surface area contributed by atoms with Crippen molar-refractivity contribution in [3.8, 4) is 17.2 Å². The zero-order valence-corrected chi connectivity index (χ0v) is 20.7. The fourth-order valence-electron chi connectivity index (χ4n) is 4.30. The molecule has 1 amide bonds. The summed E-state index contributed by atoms with van der Waals surface area (Å²) in [6.07, 6.45) is 2.98. The van der Waals surface area contributed by atoms with Gasteiger partial charge in [0.15, 0.2) is 0 Å². The summed E-state index contributed by atoms with van der Waals surface area (Å²) in [7, 11) is 5.34. The molecule has 1 aliphatic rings. The van der Waals surface area contributed by atoms with Crippen molar-refractivity contribution in [2.75, 3.05) is 41.0 Å². The highest BCUT2D eigenvalue weighted by atomic mass is 16.5. The van der Waals surface area contributed by atoms with Crippen molar-refractivity contribution < 1.29 is 19.0 Å². The van der Waals surface area contributed by atoms with Crippen LogP contribution in [0.4, 0.5) is 0 Å². The molecule has 0 atom stereocenters. The lowest BCUT2D eigenvalue weighted by Gasteiger charge is -2.21. The zero-order chi connectivity index (χ0) is 24.6. The number of carbonyl (C=O) groups is 1. The minimum absolute atomic E-state index is 0.0332. The third kappa shape index (κ3) is 6.51. The van der Waals surface area contributed by atoms with Crippen LogP contribution in [-0.2, 0) is 30.7 Å². The molecule has 0 radical (unpaired) electrons. The molecule has 3 aromatic rings. The van der Waals surface area contributed by atoms with Crippen molar-refractivity contribution in [1.29, 1.82) is 0 Å².